The lowest BCUT2D eigenvalue weighted by atomic mass is 10.1. The number of nitrogens with one attached hydrogen (secondary N) is 2. The van der Waals surface area contributed by atoms with Gasteiger partial charge in [0.25, 0.3) is 0 Å². The SMILES string of the molecule is CN=C(NCCCc1c(C)noc1C)NCc1coc(-c2ccccc2)n1. The van der Waals surface area contributed by atoms with Crippen LogP contribution >= 0.6 is 0 Å². The van der Waals surface area contributed by atoms with Crippen LogP contribution < -0.4 is 10.6 Å². The van der Waals surface area contributed by atoms with Gasteiger partial charge in [-0.2, -0.15) is 0 Å². The Morgan fingerprint density at radius 2 is 1.96 bits per heavy atom. The average molecular weight is 367 g/mol. The lowest BCUT2D eigenvalue weighted by Gasteiger charge is -2.10. The van der Waals surface area contributed by atoms with Gasteiger partial charge in [-0.3, -0.25) is 4.99 Å². The van der Waals surface area contributed by atoms with Crippen molar-refractivity contribution >= 4 is 5.96 Å². The predicted molar refractivity (Wildman–Crippen MR) is 104 cm³/mol. The highest BCUT2D eigenvalue weighted by Gasteiger charge is 2.09. The van der Waals surface area contributed by atoms with Crippen molar-refractivity contribution in [1.82, 2.24) is 20.8 Å². The van der Waals surface area contributed by atoms with Crippen LogP contribution in [0.15, 0.2) is 50.5 Å². The predicted octanol–water partition coefficient (Wildman–Crippen LogP) is 3.24. The van der Waals surface area contributed by atoms with E-state index in [-0.39, 0.29) is 0 Å². The molecule has 0 spiro atoms. The van der Waals surface area contributed by atoms with Gasteiger partial charge in [-0.05, 0) is 38.8 Å². The third kappa shape index (κ3) is 4.97. The number of oxazole rings is 1. The normalized spacial score (nSPS) is 11.6. The van der Waals surface area contributed by atoms with Gasteiger partial charge in [0, 0.05) is 24.7 Å². The Labute approximate surface area is 158 Å². The van der Waals surface area contributed by atoms with Gasteiger partial charge < -0.3 is 19.6 Å². The Kier molecular flexibility index (Phi) is 6.25. The summed E-state index contributed by atoms with van der Waals surface area (Å²) in [6.07, 6.45) is 3.56. The summed E-state index contributed by atoms with van der Waals surface area (Å²) < 4.78 is 10.7. The van der Waals surface area contributed by atoms with Crippen molar-refractivity contribution in [3.63, 3.8) is 0 Å². The Morgan fingerprint density at radius 3 is 2.67 bits per heavy atom. The molecule has 0 saturated heterocycles. The van der Waals surface area contributed by atoms with Gasteiger partial charge in [-0.25, -0.2) is 4.98 Å². The van der Waals surface area contributed by atoms with Gasteiger partial charge in [0.15, 0.2) is 5.96 Å². The first-order valence-corrected chi connectivity index (χ1v) is 9.03. The smallest absolute Gasteiger partial charge is 0.226 e. The summed E-state index contributed by atoms with van der Waals surface area (Å²) >= 11 is 0. The third-order valence-corrected chi connectivity index (χ3v) is 4.31. The second-order valence-electron chi connectivity index (χ2n) is 6.27. The van der Waals surface area contributed by atoms with Crippen molar-refractivity contribution in [2.24, 2.45) is 4.99 Å². The van der Waals surface area contributed by atoms with Gasteiger partial charge in [-0.15, -0.1) is 0 Å². The van der Waals surface area contributed by atoms with Crippen molar-refractivity contribution < 1.29 is 8.94 Å². The fourth-order valence-electron chi connectivity index (χ4n) is 2.83. The van der Waals surface area contributed by atoms with Crippen LogP contribution in [-0.4, -0.2) is 29.7 Å². The topological polar surface area (TPSA) is 88.5 Å². The number of nitrogens with zero attached hydrogens (tertiary/aromatic N) is 3. The van der Waals surface area contributed by atoms with E-state index in [2.05, 4.69) is 25.8 Å². The van der Waals surface area contributed by atoms with Gasteiger partial charge in [0.05, 0.1) is 17.9 Å². The number of aromatic nitrogens is 2. The molecule has 0 radical (unpaired) electrons. The number of aryl methyl sites for hydroxylation is 2. The monoisotopic (exact) mass is 367 g/mol. The second kappa shape index (κ2) is 9.02. The zero-order valence-electron chi connectivity index (χ0n) is 16.0. The molecule has 0 aliphatic rings. The Hall–Kier alpha value is -3.09. The highest BCUT2D eigenvalue weighted by atomic mass is 16.5. The molecule has 0 saturated carbocycles. The largest absolute Gasteiger partial charge is 0.444 e. The summed E-state index contributed by atoms with van der Waals surface area (Å²) in [5.41, 5.74) is 3.95. The van der Waals surface area contributed by atoms with Crippen LogP contribution in [-0.2, 0) is 13.0 Å². The highest BCUT2D eigenvalue weighted by Crippen LogP contribution is 2.17. The van der Waals surface area contributed by atoms with Crippen LogP contribution in [0.4, 0.5) is 0 Å². The van der Waals surface area contributed by atoms with Crippen LogP contribution in [0.3, 0.4) is 0 Å². The van der Waals surface area contributed by atoms with Crippen molar-refractivity contribution in [3.8, 4) is 11.5 Å². The zero-order chi connectivity index (χ0) is 19.1. The van der Waals surface area contributed by atoms with E-state index < -0.39 is 0 Å². The van der Waals surface area contributed by atoms with Crippen molar-refractivity contribution in [2.45, 2.75) is 33.2 Å². The van der Waals surface area contributed by atoms with Gasteiger partial charge in [0.2, 0.25) is 5.89 Å². The van der Waals surface area contributed by atoms with E-state index in [1.54, 1.807) is 13.3 Å². The quantitative estimate of drug-likeness (QED) is 0.379. The van der Waals surface area contributed by atoms with E-state index in [1.807, 2.05) is 44.2 Å². The summed E-state index contributed by atoms with van der Waals surface area (Å²) in [5.74, 6) is 2.25. The summed E-state index contributed by atoms with van der Waals surface area (Å²) in [4.78, 5) is 8.75. The molecular formula is C20H25N5O2. The number of hydrogen-bond acceptors (Lipinski definition) is 5. The number of aliphatic imine (C=N–C) groups is 1. The molecule has 0 fully saturated rings. The molecule has 0 aliphatic heterocycles. The first-order chi connectivity index (χ1) is 13.2. The van der Waals surface area contributed by atoms with Gasteiger partial charge in [0.1, 0.15) is 12.0 Å². The average Bonchev–Trinajstić information content (AvgIpc) is 3.29. The Morgan fingerprint density at radius 1 is 1.15 bits per heavy atom. The number of benzene rings is 1. The molecule has 2 aromatic heterocycles. The van der Waals surface area contributed by atoms with Gasteiger partial charge in [-0.1, -0.05) is 23.4 Å². The van der Waals surface area contributed by atoms with E-state index in [1.165, 1.54) is 5.56 Å². The molecule has 3 aromatic rings. The molecule has 3 rings (SSSR count). The number of rotatable bonds is 7. The number of guanidine groups is 1. The number of hydrogen-bond donors (Lipinski definition) is 2. The minimum absolute atomic E-state index is 0.542. The molecule has 2 N–H and O–H groups in total. The van der Waals surface area contributed by atoms with Crippen LogP contribution in [0, 0.1) is 13.8 Å². The molecular weight excluding hydrogens is 342 g/mol. The molecule has 0 bridgehead atoms. The molecule has 142 valence electrons. The summed E-state index contributed by atoms with van der Waals surface area (Å²) in [6, 6.07) is 9.85. The fourth-order valence-corrected chi connectivity index (χ4v) is 2.83. The van der Waals surface area contributed by atoms with Gasteiger partial charge >= 0.3 is 0 Å². The maximum atomic E-state index is 5.55. The lowest BCUT2D eigenvalue weighted by molar-refractivity contribution is 0.392. The van der Waals surface area contributed by atoms with Crippen molar-refractivity contribution in [2.75, 3.05) is 13.6 Å². The van der Waals surface area contributed by atoms with E-state index in [0.717, 1.165) is 48.1 Å². The molecule has 0 atom stereocenters. The third-order valence-electron chi connectivity index (χ3n) is 4.31. The minimum atomic E-state index is 0.542. The fraction of sp³-hybridized carbons (Fsp3) is 0.350. The maximum absolute atomic E-state index is 5.55. The van der Waals surface area contributed by atoms with E-state index >= 15 is 0 Å². The van der Waals surface area contributed by atoms with Crippen LogP contribution in [0.1, 0.15) is 29.1 Å². The lowest BCUT2D eigenvalue weighted by Crippen LogP contribution is -2.37. The molecule has 7 nitrogen and oxygen atoms in total. The molecule has 2 heterocycles. The Balaban J connectivity index is 1.44. The maximum Gasteiger partial charge on any atom is 0.226 e. The standard InChI is InChI=1S/C20H25N5O2/c1-14-18(15(2)27-25-14)10-7-11-22-20(21-3)23-12-17-13-26-19(24-17)16-8-5-4-6-9-16/h4-6,8-9,13H,7,10-12H2,1-3H3,(H2,21,22,23). The van der Waals surface area contributed by atoms with Crippen LogP contribution in [0.2, 0.25) is 0 Å². The van der Waals surface area contributed by atoms with E-state index in [9.17, 15) is 0 Å². The highest BCUT2D eigenvalue weighted by molar-refractivity contribution is 5.79. The first-order valence-electron chi connectivity index (χ1n) is 9.03. The van der Waals surface area contributed by atoms with Crippen LogP contribution in [0.5, 0.6) is 0 Å². The summed E-state index contributed by atoms with van der Waals surface area (Å²) in [5, 5.41) is 10.5. The molecule has 0 unspecified atom stereocenters. The van der Waals surface area contributed by atoms with Crippen molar-refractivity contribution in [3.05, 3.63) is 59.3 Å². The minimum Gasteiger partial charge on any atom is -0.444 e. The van der Waals surface area contributed by atoms with E-state index in [4.69, 9.17) is 8.94 Å². The molecule has 1 aromatic carbocycles. The van der Waals surface area contributed by atoms with E-state index in [0.29, 0.717) is 12.4 Å². The molecule has 0 aliphatic carbocycles. The molecule has 27 heavy (non-hydrogen) atoms. The molecule has 0 amide bonds. The molecule has 7 heteroatoms. The summed E-state index contributed by atoms with van der Waals surface area (Å²) in [6.45, 7) is 5.27. The Bertz CT molecular complexity index is 863. The zero-order valence-corrected chi connectivity index (χ0v) is 16.0. The van der Waals surface area contributed by atoms with Crippen molar-refractivity contribution in [1.29, 1.82) is 0 Å². The first kappa shape index (κ1) is 18.7. The summed E-state index contributed by atoms with van der Waals surface area (Å²) in [7, 11) is 1.75. The second-order valence-corrected chi connectivity index (χ2v) is 6.27. The van der Waals surface area contributed by atoms with Crippen LogP contribution in [0.25, 0.3) is 11.5 Å².